The van der Waals surface area contributed by atoms with E-state index >= 15 is 0 Å². The molecule has 2 heteroatoms. The van der Waals surface area contributed by atoms with E-state index in [1.54, 1.807) is 0 Å². The highest BCUT2D eigenvalue weighted by Gasteiger charge is 2.18. The van der Waals surface area contributed by atoms with Gasteiger partial charge in [0, 0.05) is 5.70 Å². The molecular weight excluding hydrogens is 150 g/mol. The van der Waals surface area contributed by atoms with Crippen molar-refractivity contribution in [1.82, 2.24) is 5.32 Å². The summed E-state index contributed by atoms with van der Waals surface area (Å²) in [6.45, 7) is 3.89. The van der Waals surface area contributed by atoms with Crippen molar-refractivity contribution in [3.05, 3.63) is 35.6 Å². The molecule has 1 heterocycles. The second kappa shape index (κ2) is 3.90. The van der Waals surface area contributed by atoms with Crippen molar-refractivity contribution in [2.75, 3.05) is 0 Å². The summed E-state index contributed by atoms with van der Waals surface area (Å²) in [5, 5.41) is 2.79. The molecule has 64 valence electrons. The van der Waals surface area contributed by atoms with Gasteiger partial charge < -0.3 is 5.32 Å². The fraction of sp³-hybridized carbons (Fsp3) is 0.300. The van der Waals surface area contributed by atoms with Gasteiger partial charge in [0.25, 0.3) is 0 Å². The van der Waals surface area contributed by atoms with Crippen LogP contribution in [0.5, 0.6) is 0 Å². The van der Waals surface area contributed by atoms with Gasteiger partial charge in [-0.3, -0.25) is 4.79 Å². The lowest BCUT2D eigenvalue weighted by molar-refractivity contribution is -0.118. The Labute approximate surface area is 72.7 Å². The van der Waals surface area contributed by atoms with Gasteiger partial charge in [-0.2, -0.15) is 0 Å². The maximum atomic E-state index is 11.0. The topological polar surface area (TPSA) is 29.1 Å². The minimum absolute atomic E-state index is 0.0823. The Bertz CT molecular complexity index is 272. The summed E-state index contributed by atoms with van der Waals surface area (Å²) in [5.41, 5.74) is 2.01. The Morgan fingerprint density at radius 3 is 2.75 bits per heavy atom. The predicted molar refractivity (Wildman–Crippen MR) is 49.4 cm³/mol. The molecule has 0 radical (unpaired) electrons. The van der Waals surface area contributed by atoms with Crippen LogP contribution in [0, 0.1) is 0 Å². The Morgan fingerprint density at radius 2 is 2.17 bits per heavy atom. The van der Waals surface area contributed by atoms with Crippen LogP contribution in [0.1, 0.15) is 20.3 Å². The average molecular weight is 163 g/mol. The second-order valence-corrected chi connectivity index (χ2v) is 2.64. The highest BCUT2D eigenvalue weighted by molar-refractivity contribution is 5.86. The summed E-state index contributed by atoms with van der Waals surface area (Å²) in [6.07, 6.45) is 8.25. The standard InChI is InChI=1S/C10H13NO/c1-3-5-6-9-8(4-2)7-10(12)11-9/h3-6H,7H2,1-2H3,(H,11,12)/b5-3-,8-4-,9-6+. The highest BCUT2D eigenvalue weighted by Crippen LogP contribution is 2.18. The molecule has 0 spiro atoms. The number of nitrogens with one attached hydrogen (secondary N) is 1. The van der Waals surface area contributed by atoms with Crippen molar-refractivity contribution in [2.45, 2.75) is 20.3 Å². The zero-order valence-electron chi connectivity index (χ0n) is 7.42. The first kappa shape index (κ1) is 8.78. The Hall–Kier alpha value is -1.31. The van der Waals surface area contributed by atoms with Crippen molar-refractivity contribution in [2.24, 2.45) is 0 Å². The molecule has 1 fully saturated rings. The summed E-state index contributed by atoms with van der Waals surface area (Å²) in [4.78, 5) is 11.0. The highest BCUT2D eigenvalue weighted by atomic mass is 16.1. The van der Waals surface area contributed by atoms with Gasteiger partial charge in [-0.15, -0.1) is 0 Å². The van der Waals surface area contributed by atoms with Crippen LogP contribution in [0.4, 0.5) is 0 Å². The van der Waals surface area contributed by atoms with E-state index in [1.807, 2.05) is 38.2 Å². The third-order valence-electron chi connectivity index (χ3n) is 1.77. The van der Waals surface area contributed by atoms with E-state index in [-0.39, 0.29) is 5.91 Å². The fourth-order valence-electron chi connectivity index (χ4n) is 1.14. The molecule has 1 aliphatic heterocycles. The van der Waals surface area contributed by atoms with E-state index in [2.05, 4.69) is 5.32 Å². The first-order valence-corrected chi connectivity index (χ1v) is 4.06. The third kappa shape index (κ3) is 1.84. The Balaban J connectivity index is 2.84. The van der Waals surface area contributed by atoms with Gasteiger partial charge in [-0.05, 0) is 25.5 Å². The van der Waals surface area contributed by atoms with Gasteiger partial charge in [0.05, 0.1) is 6.42 Å². The normalized spacial score (nSPS) is 24.3. The molecule has 0 aromatic rings. The molecule has 0 unspecified atom stereocenters. The third-order valence-corrected chi connectivity index (χ3v) is 1.77. The minimum Gasteiger partial charge on any atom is -0.326 e. The van der Waals surface area contributed by atoms with E-state index in [4.69, 9.17) is 0 Å². The average Bonchev–Trinajstić information content (AvgIpc) is 2.42. The van der Waals surface area contributed by atoms with Crippen LogP contribution < -0.4 is 5.32 Å². The van der Waals surface area contributed by atoms with E-state index in [9.17, 15) is 4.79 Å². The lowest BCUT2D eigenvalue weighted by Gasteiger charge is -1.95. The number of rotatable bonds is 1. The molecule has 0 aromatic carbocycles. The van der Waals surface area contributed by atoms with Crippen LogP contribution in [0.25, 0.3) is 0 Å². The first-order chi connectivity index (χ1) is 5.77. The van der Waals surface area contributed by atoms with Gasteiger partial charge in [0.15, 0.2) is 0 Å². The first-order valence-electron chi connectivity index (χ1n) is 4.06. The van der Waals surface area contributed by atoms with Crippen molar-refractivity contribution < 1.29 is 4.79 Å². The smallest absolute Gasteiger partial charge is 0.228 e. The van der Waals surface area contributed by atoms with Crippen molar-refractivity contribution in [1.29, 1.82) is 0 Å². The molecule has 1 aliphatic rings. The van der Waals surface area contributed by atoms with Crippen molar-refractivity contribution in [3.63, 3.8) is 0 Å². The van der Waals surface area contributed by atoms with E-state index < -0.39 is 0 Å². The summed E-state index contributed by atoms with van der Waals surface area (Å²) in [7, 11) is 0. The summed E-state index contributed by atoms with van der Waals surface area (Å²) in [5.74, 6) is 0.0823. The van der Waals surface area contributed by atoms with Gasteiger partial charge in [-0.25, -0.2) is 0 Å². The van der Waals surface area contributed by atoms with E-state index in [0.717, 1.165) is 11.3 Å². The minimum atomic E-state index is 0.0823. The number of hydrogen-bond acceptors (Lipinski definition) is 1. The van der Waals surface area contributed by atoms with Crippen molar-refractivity contribution in [3.8, 4) is 0 Å². The van der Waals surface area contributed by atoms with Crippen LogP contribution in [0.15, 0.2) is 35.6 Å². The summed E-state index contributed by atoms with van der Waals surface area (Å²) >= 11 is 0. The van der Waals surface area contributed by atoms with Crippen LogP contribution in [-0.2, 0) is 4.79 Å². The molecule has 12 heavy (non-hydrogen) atoms. The van der Waals surface area contributed by atoms with Crippen LogP contribution >= 0.6 is 0 Å². The van der Waals surface area contributed by atoms with E-state index in [1.165, 1.54) is 0 Å². The van der Waals surface area contributed by atoms with Gasteiger partial charge in [-0.1, -0.05) is 18.2 Å². The summed E-state index contributed by atoms with van der Waals surface area (Å²) in [6, 6.07) is 0. The molecule has 0 aliphatic carbocycles. The second-order valence-electron chi connectivity index (χ2n) is 2.64. The Morgan fingerprint density at radius 1 is 1.42 bits per heavy atom. The van der Waals surface area contributed by atoms with Crippen molar-refractivity contribution >= 4 is 5.91 Å². The predicted octanol–water partition coefficient (Wildman–Crippen LogP) is 1.91. The lowest BCUT2D eigenvalue weighted by atomic mass is 10.1. The number of carbonyl (C=O) groups is 1. The van der Waals surface area contributed by atoms with Gasteiger partial charge in [0.1, 0.15) is 0 Å². The number of hydrogen-bond donors (Lipinski definition) is 1. The molecule has 0 aromatic heterocycles. The maximum Gasteiger partial charge on any atom is 0.228 e. The van der Waals surface area contributed by atoms with Crippen LogP contribution in [0.2, 0.25) is 0 Å². The van der Waals surface area contributed by atoms with Gasteiger partial charge >= 0.3 is 0 Å². The molecule has 0 bridgehead atoms. The van der Waals surface area contributed by atoms with Crippen LogP contribution in [0.3, 0.4) is 0 Å². The van der Waals surface area contributed by atoms with E-state index in [0.29, 0.717) is 6.42 Å². The molecule has 0 saturated carbocycles. The molecule has 1 saturated heterocycles. The molecule has 1 N–H and O–H groups in total. The molecule has 2 nitrogen and oxygen atoms in total. The SMILES string of the molecule is C\C=C/C=C1/NC(=O)C/C1=C/C. The monoisotopic (exact) mass is 163 g/mol. The molecule has 1 rings (SSSR count). The number of carbonyl (C=O) groups excluding carboxylic acids is 1. The molecular formula is C10H13NO. The molecule has 0 atom stereocenters. The zero-order chi connectivity index (χ0) is 8.97. The quantitative estimate of drug-likeness (QED) is 0.628. The molecule has 1 amide bonds. The van der Waals surface area contributed by atoms with Crippen LogP contribution in [-0.4, -0.2) is 5.91 Å². The summed E-state index contributed by atoms with van der Waals surface area (Å²) < 4.78 is 0. The Kier molecular flexibility index (Phi) is 2.86. The van der Waals surface area contributed by atoms with Gasteiger partial charge in [0.2, 0.25) is 5.91 Å². The number of allylic oxidation sites excluding steroid dienone is 5. The largest absolute Gasteiger partial charge is 0.326 e. The number of amides is 1. The zero-order valence-corrected chi connectivity index (χ0v) is 7.42. The maximum absolute atomic E-state index is 11.0. The fourth-order valence-corrected chi connectivity index (χ4v) is 1.14. The lowest BCUT2D eigenvalue weighted by Crippen LogP contribution is -2.11.